The van der Waals surface area contributed by atoms with Crippen LogP contribution in [0.2, 0.25) is 0 Å². The van der Waals surface area contributed by atoms with Crippen molar-refractivity contribution in [2.45, 2.75) is 12.8 Å². The molecule has 4 nitrogen and oxygen atoms in total. The van der Waals surface area contributed by atoms with E-state index in [0.717, 1.165) is 25.9 Å². The second kappa shape index (κ2) is 7.07. The molecule has 1 aliphatic heterocycles. The topological polar surface area (TPSA) is 52.6 Å². The quantitative estimate of drug-likeness (QED) is 0.791. The van der Waals surface area contributed by atoms with E-state index in [-0.39, 0.29) is 12.5 Å². The molecule has 2 rings (SSSR count). The summed E-state index contributed by atoms with van der Waals surface area (Å²) in [6, 6.07) is 9.21. The van der Waals surface area contributed by atoms with E-state index in [9.17, 15) is 4.79 Å². The number of hydrogen-bond donors (Lipinski definition) is 2. The van der Waals surface area contributed by atoms with Gasteiger partial charge in [0.1, 0.15) is 0 Å². The summed E-state index contributed by atoms with van der Waals surface area (Å²) >= 11 is 0. The van der Waals surface area contributed by atoms with Crippen LogP contribution in [0.1, 0.15) is 23.2 Å². The maximum absolute atomic E-state index is 12.0. The highest BCUT2D eigenvalue weighted by molar-refractivity contribution is 5.93. The first-order valence-corrected chi connectivity index (χ1v) is 6.68. The van der Waals surface area contributed by atoms with Gasteiger partial charge < -0.3 is 5.11 Å². The Bertz CT molecular complexity index is 431. The van der Waals surface area contributed by atoms with Gasteiger partial charge in [-0.2, -0.15) is 0 Å². The summed E-state index contributed by atoms with van der Waals surface area (Å²) in [4.78, 5) is 12.0. The largest absolute Gasteiger partial charge is 0.396 e. The van der Waals surface area contributed by atoms with Crippen molar-refractivity contribution in [3.05, 3.63) is 48.0 Å². The molecule has 1 aromatic rings. The van der Waals surface area contributed by atoms with Gasteiger partial charge >= 0.3 is 0 Å². The minimum absolute atomic E-state index is 0.0724. The Labute approximate surface area is 113 Å². The Morgan fingerprint density at radius 3 is 2.89 bits per heavy atom. The number of hydrazine groups is 1. The number of aliphatic hydroxyl groups excluding tert-OH is 1. The van der Waals surface area contributed by atoms with Gasteiger partial charge in [-0.05, 0) is 30.9 Å². The maximum atomic E-state index is 12.0. The molecular formula is C15H20N2O2. The number of benzene rings is 1. The van der Waals surface area contributed by atoms with Crippen molar-refractivity contribution in [1.29, 1.82) is 0 Å². The fourth-order valence-corrected chi connectivity index (χ4v) is 2.23. The zero-order chi connectivity index (χ0) is 13.5. The summed E-state index contributed by atoms with van der Waals surface area (Å²) in [7, 11) is 0. The van der Waals surface area contributed by atoms with Gasteiger partial charge in [-0.3, -0.25) is 10.2 Å². The lowest BCUT2D eigenvalue weighted by atomic mass is 10.0. The van der Waals surface area contributed by atoms with E-state index in [1.807, 2.05) is 23.2 Å². The first-order valence-electron chi connectivity index (χ1n) is 6.68. The summed E-state index contributed by atoms with van der Waals surface area (Å²) in [5.41, 5.74) is 3.59. The van der Waals surface area contributed by atoms with Crippen molar-refractivity contribution < 1.29 is 9.90 Å². The number of rotatable bonds is 5. The minimum Gasteiger partial charge on any atom is -0.396 e. The highest BCUT2D eigenvalue weighted by atomic mass is 16.2. The van der Waals surface area contributed by atoms with Crippen LogP contribution in [-0.4, -0.2) is 35.7 Å². The van der Waals surface area contributed by atoms with Crippen LogP contribution < -0.4 is 5.43 Å². The van der Waals surface area contributed by atoms with Gasteiger partial charge in [-0.25, -0.2) is 5.01 Å². The van der Waals surface area contributed by atoms with Crippen molar-refractivity contribution in [2.24, 2.45) is 5.92 Å². The molecule has 2 N–H and O–H groups in total. The van der Waals surface area contributed by atoms with Crippen LogP contribution in [0.4, 0.5) is 0 Å². The molecule has 0 spiro atoms. The van der Waals surface area contributed by atoms with E-state index in [0.29, 0.717) is 11.5 Å². The summed E-state index contributed by atoms with van der Waals surface area (Å²) < 4.78 is 0. The molecule has 0 aliphatic carbocycles. The van der Waals surface area contributed by atoms with Crippen molar-refractivity contribution in [3.63, 3.8) is 0 Å². The zero-order valence-corrected chi connectivity index (χ0v) is 11.0. The minimum atomic E-state index is -0.0724. The van der Waals surface area contributed by atoms with Gasteiger partial charge in [0.05, 0.1) is 0 Å². The second-order valence-corrected chi connectivity index (χ2v) is 4.77. The number of carbonyl (C=O) groups excluding carboxylic acids is 1. The number of hydrogen-bond acceptors (Lipinski definition) is 3. The number of aliphatic hydroxyl groups is 1. The summed E-state index contributed by atoms with van der Waals surface area (Å²) in [6.45, 7) is 1.75. The Morgan fingerprint density at radius 1 is 1.37 bits per heavy atom. The second-order valence-electron chi connectivity index (χ2n) is 4.77. The van der Waals surface area contributed by atoms with Crippen LogP contribution >= 0.6 is 0 Å². The van der Waals surface area contributed by atoms with Gasteiger partial charge in [0, 0.05) is 25.3 Å². The van der Waals surface area contributed by atoms with E-state index in [1.54, 1.807) is 12.1 Å². The lowest BCUT2D eigenvalue weighted by molar-refractivity contribution is 0.0776. The number of carbonyl (C=O) groups is 1. The molecule has 0 fully saturated rings. The molecule has 0 saturated heterocycles. The molecule has 1 atom stereocenters. The monoisotopic (exact) mass is 260 g/mol. The third-order valence-electron chi connectivity index (χ3n) is 3.22. The molecule has 19 heavy (non-hydrogen) atoms. The predicted octanol–water partition coefficient (Wildman–Crippen LogP) is 1.59. The van der Waals surface area contributed by atoms with E-state index >= 15 is 0 Å². The number of amides is 1. The summed E-state index contributed by atoms with van der Waals surface area (Å²) in [6.07, 6.45) is 5.98. The van der Waals surface area contributed by atoms with E-state index in [2.05, 4.69) is 17.6 Å². The van der Waals surface area contributed by atoms with Gasteiger partial charge in [0.15, 0.2) is 0 Å². The standard InChI is InChI=1S/C15H20N2O2/c18-11-5-7-13-6-4-10-17(12-13)16-15(19)14-8-2-1-3-9-14/h1-4,6,8-9,13,18H,5,7,10-12H2,(H,16,19). The molecule has 1 amide bonds. The molecule has 1 heterocycles. The first kappa shape index (κ1) is 13.8. The summed E-state index contributed by atoms with van der Waals surface area (Å²) in [5.74, 6) is 0.328. The highest BCUT2D eigenvalue weighted by Gasteiger charge is 2.17. The zero-order valence-electron chi connectivity index (χ0n) is 11.0. The van der Waals surface area contributed by atoms with Gasteiger partial charge in [-0.1, -0.05) is 30.4 Å². The van der Waals surface area contributed by atoms with E-state index in [1.165, 1.54) is 0 Å². The average Bonchev–Trinajstić information content (AvgIpc) is 2.46. The Hall–Kier alpha value is -1.65. The molecule has 1 aliphatic rings. The lowest BCUT2D eigenvalue weighted by Crippen LogP contribution is -2.46. The smallest absolute Gasteiger partial charge is 0.265 e. The van der Waals surface area contributed by atoms with Crippen molar-refractivity contribution >= 4 is 5.91 Å². The van der Waals surface area contributed by atoms with Crippen molar-refractivity contribution in [2.75, 3.05) is 19.7 Å². The van der Waals surface area contributed by atoms with Crippen molar-refractivity contribution in [1.82, 2.24) is 10.4 Å². The highest BCUT2D eigenvalue weighted by Crippen LogP contribution is 2.14. The maximum Gasteiger partial charge on any atom is 0.265 e. The van der Waals surface area contributed by atoms with Gasteiger partial charge in [-0.15, -0.1) is 0 Å². The molecule has 0 radical (unpaired) electrons. The Kier molecular flexibility index (Phi) is 5.12. The predicted molar refractivity (Wildman–Crippen MR) is 74.4 cm³/mol. The third kappa shape index (κ3) is 4.19. The number of nitrogens with one attached hydrogen (secondary N) is 1. The van der Waals surface area contributed by atoms with Crippen LogP contribution in [0, 0.1) is 5.92 Å². The normalized spacial score (nSPS) is 19.3. The molecule has 0 aromatic heterocycles. The van der Waals surface area contributed by atoms with Crippen LogP contribution in [0.5, 0.6) is 0 Å². The van der Waals surface area contributed by atoms with Crippen LogP contribution in [0.3, 0.4) is 0 Å². The lowest BCUT2D eigenvalue weighted by Gasteiger charge is -2.29. The van der Waals surface area contributed by atoms with E-state index < -0.39 is 0 Å². The molecule has 4 heteroatoms. The van der Waals surface area contributed by atoms with Crippen LogP contribution in [0.15, 0.2) is 42.5 Å². The first-order chi connectivity index (χ1) is 9.29. The fourth-order valence-electron chi connectivity index (χ4n) is 2.23. The number of nitrogens with zero attached hydrogens (tertiary/aromatic N) is 1. The molecule has 0 saturated carbocycles. The molecular weight excluding hydrogens is 240 g/mol. The average molecular weight is 260 g/mol. The van der Waals surface area contributed by atoms with Crippen LogP contribution in [-0.2, 0) is 0 Å². The summed E-state index contributed by atoms with van der Waals surface area (Å²) in [5, 5.41) is 10.8. The van der Waals surface area contributed by atoms with Gasteiger partial charge in [0.2, 0.25) is 0 Å². The molecule has 1 aromatic carbocycles. The SMILES string of the molecule is O=C(NN1CC=CC(CCCO)C1)c1ccccc1. The Morgan fingerprint density at radius 2 is 2.16 bits per heavy atom. The molecule has 0 bridgehead atoms. The Balaban J connectivity index is 1.86. The third-order valence-corrected chi connectivity index (χ3v) is 3.22. The molecule has 102 valence electrons. The van der Waals surface area contributed by atoms with Crippen molar-refractivity contribution in [3.8, 4) is 0 Å². The van der Waals surface area contributed by atoms with Gasteiger partial charge in [0.25, 0.3) is 5.91 Å². The van der Waals surface area contributed by atoms with E-state index in [4.69, 9.17) is 5.11 Å². The fraction of sp³-hybridized carbons (Fsp3) is 0.400. The van der Waals surface area contributed by atoms with Crippen LogP contribution in [0.25, 0.3) is 0 Å². The molecule has 1 unspecified atom stereocenters.